The molecule has 3 heterocycles. The maximum absolute atomic E-state index is 13.8. The lowest BCUT2D eigenvalue weighted by Gasteiger charge is -2.38. The second-order valence-corrected chi connectivity index (χ2v) is 9.52. The number of aromatic nitrogens is 1. The van der Waals surface area contributed by atoms with E-state index in [9.17, 15) is 22.8 Å². The van der Waals surface area contributed by atoms with Crippen LogP contribution in [0.5, 0.6) is 0 Å². The molecule has 0 radical (unpaired) electrons. The number of rotatable bonds is 7. The average Bonchev–Trinajstić information content (AvgIpc) is 3.26. The Morgan fingerprint density at radius 2 is 2.19 bits per heavy atom. The highest BCUT2D eigenvalue weighted by Crippen LogP contribution is 2.39. The third kappa shape index (κ3) is 5.81. The summed E-state index contributed by atoms with van der Waals surface area (Å²) in [6, 6.07) is 0.955. The van der Waals surface area contributed by atoms with Crippen molar-refractivity contribution in [3.05, 3.63) is 41.2 Å². The number of nitrogens with one attached hydrogen (secondary N) is 2. The summed E-state index contributed by atoms with van der Waals surface area (Å²) in [5.74, 6) is -0.228. The van der Waals surface area contributed by atoms with Gasteiger partial charge in [0.25, 0.3) is 0 Å². The summed E-state index contributed by atoms with van der Waals surface area (Å²) in [6.07, 6.45) is 0.485. The number of amides is 2. The summed E-state index contributed by atoms with van der Waals surface area (Å²) in [7, 11) is 1.62. The Balaban J connectivity index is 1.50. The van der Waals surface area contributed by atoms with Gasteiger partial charge < -0.3 is 30.1 Å². The van der Waals surface area contributed by atoms with Gasteiger partial charge in [0, 0.05) is 63.7 Å². The Hall–Kier alpha value is -2.70. The van der Waals surface area contributed by atoms with Gasteiger partial charge >= 0.3 is 12.3 Å². The lowest BCUT2D eigenvalue weighted by molar-refractivity contribution is -0.141. The summed E-state index contributed by atoms with van der Waals surface area (Å²) >= 11 is 0. The standard InChI is InChI=1S/C24H31F3N4O5/c1-35-20-14-36-9-4-19(20)30-17-2-5-23(11-17,6-7-28-22(33)34)21(32)31-8-3-18-15(13-31)10-16(12-29-18)24(25,26)27/h2,5,10,12,17,19-20,28,30H,3-4,6-9,11,13-14H2,1H3,(H,33,34)/t17-,19+,20-,23-/m1/s1. The Kier molecular flexibility index (Phi) is 7.86. The number of methoxy groups -OCH3 is 1. The minimum Gasteiger partial charge on any atom is -0.465 e. The van der Waals surface area contributed by atoms with Gasteiger partial charge in [0.2, 0.25) is 5.91 Å². The number of nitrogens with zero attached hydrogens (tertiary/aromatic N) is 2. The van der Waals surface area contributed by atoms with E-state index in [0.29, 0.717) is 43.9 Å². The number of carbonyl (C=O) groups excluding carboxylic acids is 1. The summed E-state index contributed by atoms with van der Waals surface area (Å²) in [4.78, 5) is 30.4. The molecule has 12 heteroatoms. The van der Waals surface area contributed by atoms with E-state index in [2.05, 4.69) is 15.6 Å². The fraction of sp³-hybridized carbons (Fsp3) is 0.625. The SMILES string of the molecule is CO[C@@H]1COCC[C@@H]1N[C@@H]1C=C[C@](CCNC(=O)O)(C(=O)N2CCc3ncc(C(F)(F)F)cc3C2)C1. The first kappa shape index (κ1) is 26.4. The van der Waals surface area contributed by atoms with Crippen LogP contribution in [0, 0.1) is 5.41 Å². The van der Waals surface area contributed by atoms with E-state index in [1.54, 1.807) is 12.0 Å². The van der Waals surface area contributed by atoms with Crippen molar-refractivity contribution in [3.63, 3.8) is 0 Å². The fourth-order valence-corrected chi connectivity index (χ4v) is 5.27. The molecule has 0 unspecified atom stereocenters. The van der Waals surface area contributed by atoms with E-state index in [1.807, 2.05) is 12.2 Å². The molecule has 1 fully saturated rings. The Morgan fingerprint density at radius 1 is 1.39 bits per heavy atom. The second-order valence-electron chi connectivity index (χ2n) is 9.52. The number of alkyl halides is 3. The van der Waals surface area contributed by atoms with Crippen molar-refractivity contribution in [1.29, 1.82) is 0 Å². The summed E-state index contributed by atoms with van der Waals surface area (Å²) < 4.78 is 50.6. The minimum atomic E-state index is -4.52. The number of halogens is 3. The van der Waals surface area contributed by atoms with Crippen molar-refractivity contribution < 1.29 is 37.3 Å². The van der Waals surface area contributed by atoms with Crippen LogP contribution < -0.4 is 10.6 Å². The third-order valence-electron chi connectivity index (χ3n) is 7.19. The third-order valence-corrected chi connectivity index (χ3v) is 7.19. The molecule has 3 N–H and O–H groups in total. The molecule has 9 nitrogen and oxygen atoms in total. The van der Waals surface area contributed by atoms with Gasteiger partial charge in [0.05, 0.1) is 23.7 Å². The Morgan fingerprint density at radius 3 is 2.92 bits per heavy atom. The van der Waals surface area contributed by atoms with Crippen LogP contribution in [0.4, 0.5) is 18.0 Å². The van der Waals surface area contributed by atoms with Gasteiger partial charge in [-0.3, -0.25) is 9.78 Å². The van der Waals surface area contributed by atoms with E-state index in [-0.39, 0.29) is 43.6 Å². The van der Waals surface area contributed by atoms with Crippen LogP contribution in [-0.4, -0.2) is 78.6 Å². The highest BCUT2D eigenvalue weighted by Gasteiger charge is 2.45. The monoisotopic (exact) mass is 512 g/mol. The molecule has 4 atom stereocenters. The summed E-state index contributed by atoms with van der Waals surface area (Å²) in [5, 5.41) is 14.9. The van der Waals surface area contributed by atoms with E-state index >= 15 is 0 Å². The van der Waals surface area contributed by atoms with E-state index in [0.717, 1.165) is 18.7 Å². The molecule has 0 bridgehead atoms. The van der Waals surface area contributed by atoms with E-state index in [1.165, 1.54) is 0 Å². The van der Waals surface area contributed by atoms with Crippen molar-refractivity contribution in [2.45, 2.75) is 56.6 Å². The smallest absolute Gasteiger partial charge is 0.417 e. The lowest BCUT2D eigenvalue weighted by Crippen LogP contribution is -2.52. The molecule has 4 rings (SSSR count). The van der Waals surface area contributed by atoms with Crippen molar-refractivity contribution >= 4 is 12.0 Å². The molecule has 3 aliphatic rings. The van der Waals surface area contributed by atoms with Crippen molar-refractivity contribution in [3.8, 4) is 0 Å². The lowest BCUT2D eigenvalue weighted by atomic mass is 9.80. The zero-order chi connectivity index (χ0) is 25.9. The molecule has 1 saturated heterocycles. The first-order valence-electron chi connectivity index (χ1n) is 12.0. The molecule has 2 aliphatic heterocycles. The van der Waals surface area contributed by atoms with Crippen molar-refractivity contribution in [1.82, 2.24) is 20.5 Å². The minimum absolute atomic E-state index is 0.0246. The zero-order valence-electron chi connectivity index (χ0n) is 20.0. The molecule has 198 valence electrons. The average molecular weight is 513 g/mol. The van der Waals surface area contributed by atoms with Crippen LogP contribution >= 0.6 is 0 Å². The summed E-state index contributed by atoms with van der Waals surface area (Å²) in [5.41, 5.74) is -0.893. The van der Waals surface area contributed by atoms with E-state index in [4.69, 9.17) is 14.6 Å². The first-order valence-corrected chi connectivity index (χ1v) is 12.0. The first-order chi connectivity index (χ1) is 17.1. The number of carbonyl (C=O) groups is 2. The van der Waals surface area contributed by atoms with Crippen molar-refractivity contribution in [2.75, 3.05) is 33.4 Å². The number of hydrogen-bond acceptors (Lipinski definition) is 6. The van der Waals surface area contributed by atoms with Gasteiger partial charge in [0.1, 0.15) is 0 Å². The molecule has 0 saturated carbocycles. The fourth-order valence-electron chi connectivity index (χ4n) is 5.27. The predicted octanol–water partition coefficient (Wildman–Crippen LogP) is 2.35. The van der Waals surface area contributed by atoms with Crippen molar-refractivity contribution in [2.24, 2.45) is 5.41 Å². The largest absolute Gasteiger partial charge is 0.465 e. The van der Waals surface area contributed by atoms with E-state index < -0.39 is 23.2 Å². The molecular weight excluding hydrogens is 481 g/mol. The predicted molar refractivity (Wildman–Crippen MR) is 122 cm³/mol. The van der Waals surface area contributed by atoms with Crippen LogP contribution in [0.3, 0.4) is 0 Å². The zero-order valence-corrected chi connectivity index (χ0v) is 20.0. The van der Waals surface area contributed by atoms with Gasteiger partial charge in [0.15, 0.2) is 0 Å². The molecule has 1 aliphatic carbocycles. The number of ether oxygens (including phenoxy) is 2. The van der Waals surface area contributed by atoms with Gasteiger partial charge in [-0.15, -0.1) is 0 Å². The Labute approximate surface area is 207 Å². The van der Waals surface area contributed by atoms with Crippen LogP contribution in [0.25, 0.3) is 0 Å². The van der Waals surface area contributed by atoms with Gasteiger partial charge in [-0.05, 0) is 30.9 Å². The topological polar surface area (TPSA) is 113 Å². The highest BCUT2D eigenvalue weighted by atomic mass is 19.4. The van der Waals surface area contributed by atoms with Gasteiger partial charge in [-0.25, -0.2) is 4.79 Å². The normalized spacial score (nSPS) is 28.1. The number of carboxylic acid groups (broad SMARTS) is 1. The molecule has 0 spiro atoms. The number of fused-ring (bicyclic) bond motifs is 1. The highest BCUT2D eigenvalue weighted by molar-refractivity contribution is 5.86. The molecule has 1 aromatic heterocycles. The summed E-state index contributed by atoms with van der Waals surface area (Å²) in [6.45, 7) is 1.49. The van der Waals surface area contributed by atoms with Crippen LogP contribution in [0.1, 0.15) is 36.1 Å². The van der Waals surface area contributed by atoms with Crippen LogP contribution in [0.15, 0.2) is 24.4 Å². The van der Waals surface area contributed by atoms with Gasteiger partial charge in [-0.2, -0.15) is 13.2 Å². The maximum Gasteiger partial charge on any atom is 0.417 e. The maximum atomic E-state index is 13.8. The molecule has 2 amide bonds. The molecule has 0 aromatic carbocycles. The molecule has 36 heavy (non-hydrogen) atoms. The Bertz CT molecular complexity index is 1000. The van der Waals surface area contributed by atoms with Crippen LogP contribution in [-0.2, 0) is 33.4 Å². The molecule has 1 aromatic rings. The quantitative estimate of drug-likeness (QED) is 0.481. The number of hydrogen-bond donors (Lipinski definition) is 3. The second kappa shape index (κ2) is 10.7. The van der Waals surface area contributed by atoms with Gasteiger partial charge in [-0.1, -0.05) is 12.2 Å². The number of pyridine rings is 1. The molecular formula is C24H31F3N4O5. The van der Waals surface area contributed by atoms with Crippen LogP contribution in [0.2, 0.25) is 0 Å².